The maximum atomic E-state index is 11.0. The van der Waals surface area contributed by atoms with Crippen LogP contribution in [-0.4, -0.2) is 38.5 Å². The monoisotopic (exact) mass is 204 g/mol. The van der Waals surface area contributed by atoms with Gasteiger partial charge in [0.1, 0.15) is 0 Å². The lowest BCUT2D eigenvalue weighted by atomic mass is 10.2. The van der Waals surface area contributed by atoms with E-state index in [1.807, 2.05) is 0 Å². The van der Waals surface area contributed by atoms with Gasteiger partial charge in [-0.05, 0) is 20.3 Å². The number of hydrogen-bond donors (Lipinski definition) is 2. The number of rotatable bonds is 6. The van der Waals surface area contributed by atoms with Crippen LogP contribution in [0, 0.1) is 0 Å². The number of carbonyl (C=O) groups excluding carboxylic acids is 1. The fourth-order valence-electron chi connectivity index (χ4n) is 0.913. The second-order valence-corrected chi connectivity index (χ2v) is 3.38. The minimum Gasteiger partial charge on any atom is -0.447 e. The van der Waals surface area contributed by atoms with Gasteiger partial charge in [0.05, 0.1) is 12.7 Å². The fourth-order valence-corrected chi connectivity index (χ4v) is 0.913. The number of nitrogens with one attached hydrogen (secondary N) is 1. The Bertz CT molecular complexity index is 162. The van der Waals surface area contributed by atoms with Crippen molar-refractivity contribution in [3.8, 4) is 0 Å². The molecule has 84 valence electrons. The van der Waals surface area contributed by atoms with Gasteiger partial charge in [0, 0.05) is 19.7 Å². The zero-order valence-electron chi connectivity index (χ0n) is 9.08. The molecule has 0 saturated heterocycles. The van der Waals surface area contributed by atoms with Crippen LogP contribution in [0.15, 0.2) is 0 Å². The third kappa shape index (κ3) is 7.82. The number of nitrogens with two attached hydrogens (primary N) is 1. The second-order valence-electron chi connectivity index (χ2n) is 3.38. The highest BCUT2D eigenvalue weighted by Crippen LogP contribution is 1.90. The standard InChI is InChI=1S/C9H20N2O3/c1-7(2)14-9(12)11-5-4-8(10)6-13-3/h7-8H,4-6,10H2,1-3H3,(H,11,12). The van der Waals surface area contributed by atoms with E-state index in [-0.39, 0.29) is 12.1 Å². The van der Waals surface area contributed by atoms with Gasteiger partial charge in [0.15, 0.2) is 0 Å². The Kier molecular flexibility index (Phi) is 7.14. The summed E-state index contributed by atoms with van der Waals surface area (Å²) in [6.07, 6.45) is 0.188. The molecule has 0 aliphatic rings. The highest BCUT2D eigenvalue weighted by Gasteiger charge is 2.05. The summed E-state index contributed by atoms with van der Waals surface area (Å²) in [5.74, 6) is 0. The van der Waals surface area contributed by atoms with Crippen LogP contribution >= 0.6 is 0 Å². The van der Waals surface area contributed by atoms with Crippen LogP contribution < -0.4 is 11.1 Å². The molecular formula is C9H20N2O3. The second kappa shape index (κ2) is 7.58. The molecule has 0 aromatic rings. The van der Waals surface area contributed by atoms with Crippen molar-refractivity contribution in [3.63, 3.8) is 0 Å². The van der Waals surface area contributed by atoms with Crippen molar-refractivity contribution in [1.82, 2.24) is 5.32 Å². The van der Waals surface area contributed by atoms with E-state index in [1.54, 1.807) is 21.0 Å². The van der Waals surface area contributed by atoms with Crippen molar-refractivity contribution in [2.24, 2.45) is 5.73 Å². The molecule has 0 aliphatic heterocycles. The van der Waals surface area contributed by atoms with Crippen LogP contribution in [0.5, 0.6) is 0 Å². The number of methoxy groups -OCH3 is 1. The average molecular weight is 204 g/mol. The van der Waals surface area contributed by atoms with Crippen molar-refractivity contribution in [2.75, 3.05) is 20.3 Å². The Morgan fingerprint density at radius 3 is 2.64 bits per heavy atom. The third-order valence-electron chi connectivity index (χ3n) is 1.51. The van der Waals surface area contributed by atoms with E-state index >= 15 is 0 Å². The van der Waals surface area contributed by atoms with Gasteiger partial charge in [0.25, 0.3) is 0 Å². The fraction of sp³-hybridized carbons (Fsp3) is 0.889. The largest absolute Gasteiger partial charge is 0.447 e. The van der Waals surface area contributed by atoms with Gasteiger partial charge in [-0.3, -0.25) is 0 Å². The number of alkyl carbamates (subject to hydrolysis) is 1. The summed E-state index contributed by atoms with van der Waals surface area (Å²) in [5, 5.41) is 2.61. The highest BCUT2D eigenvalue weighted by atomic mass is 16.6. The smallest absolute Gasteiger partial charge is 0.407 e. The van der Waals surface area contributed by atoms with Crippen LogP contribution in [0.3, 0.4) is 0 Å². The molecule has 0 aromatic heterocycles. The topological polar surface area (TPSA) is 73.6 Å². The molecule has 0 rings (SSSR count). The van der Waals surface area contributed by atoms with Crippen molar-refractivity contribution >= 4 is 6.09 Å². The zero-order chi connectivity index (χ0) is 11.0. The van der Waals surface area contributed by atoms with E-state index in [0.717, 1.165) is 0 Å². The molecule has 3 N–H and O–H groups in total. The lowest BCUT2D eigenvalue weighted by molar-refractivity contribution is 0.114. The Balaban J connectivity index is 3.39. The lowest BCUT2D eigenvalue weighted by Gasteiger charge is -2.12. The van der Waals surface area contributed by atoms with Crippen LogP contribution in [0.2, 0.25) is 0 Å². The van der Waals surface area contributed by atoms with Crippen molar-refractivity contribution in [3.05, 3.63) is 0 Å². The molecule has 5 heteroatoms. The molecule has 1 atom stereocenters. The minimum atomic E-state index is -0.399. The predicted molar refractivity (Wildman–Crippen MR) is 54.1 cm³/mol. The summed E-state index contributed by atoms with van der Waals surface area (Å²) in [7, 11) is 1.60. The molecule has 0 aromatic carbocycles. The molecule has 0 saturated carbocycles. The molecule has 5 nitrogen and oxygen atoms in total. The Morgan fingerprint density at radius 1 is 1.50 bits per heavy atom. The van der Waals surface area contributed by atoms with E-state index < -0.39 is 6.09 Å². The summed E-state index contributed by atoms with van der Waals surface area (Å²) in [6, 6.07) is -0.0423. The first-order valence-corrected chi connectivity index (χ1v) is 4.75. The Hall–Kier alpha value is -0.810. The molecule has 0 fully saturated rings. The lowest BCUT2D eigenvalue weighted by Crippen LogP contribution is -2.33. The zero-order valence-corrected chi connectivity index (χ0v) is 9.08. The van der Waals surface area contributed by atoms with Crippen molar-refractivity contribution in [2.45, 2.75) is 32.4 Å². The number of carbonyl (C=O) groups is 1. The Morgan fingerprint density at radius 2 is 2.14 bits per heavy atom. The van der Waals surface area contributed by atoms with Gasteiger partial charge in [-0.25, -0.2) is 4.79 Å². The molecule has 0 heterocycles. The summed E-state index contributed by atoms with van der Waals surface area (Å²) < 4.78 is 9.73. The summed E-state index contributed by atoms with van der Waals surface area (Å²) in [4.78, 5) is 11.0. The minimum absolute atomic E-state index is 0.0423. The normalized spacial score (nSPS) is 12.6. The number of hydrogen-bond acceptors (Lipinski definition) is 4. The molecule has 0 bridgehead atoms. The average Bonchev–Trinajstić information content (AvgIpc) is 2.02. The van der Waals surface area contributed by atoms with Crippen LogP contribution in [0.25, 0.3) is 0 Å². The van der Waals surface area contributed by atoms with E-state index in [9.17, 15) is 4.79 Å². The van der Waals surface area contributed by atoms with Gasteiger partial charge in [-0.2, -0.15) is 0 Å². The van der Waals surface area contributed by atoms with Gasteiger partial charge >= 0.3 is 6.09 Å². The van der Waals surface area contributed by atoms with Gasteiger partial charge < -0.3 is 20.5 Å². The first-order chi connectivity index (χ1) is 6.56. The van der Waals surface area contributed by atoms with E-state index in [1.165, 1.54) is 0 Å². The molecule has 0 aliphatic carbocycles. The van der Waals surface area contributed by atoms with Crippen molar-refractivity contribution in [1.29, 1.82) is 0 Å². The number of ether oxygens (including phenoxy) is 2. The predicted octanol–water partition coefficient (Wildman–Crippen LogP) is 0.485. The van der Waals surface area contributed by atoms with Gasteiger partial charge in [-0.1, -0.05) is 0 Å². The first-order valence-electron chi connectivity index (χ1n) is 4.75. The van der Waals surface area contributed by atoms with E-state index in [2.05, 4.69) is 5.32 Å². The quantitative estimate of drug-likeness (QED) is 0.660. The first kappa shape index (κ1) is 13.2. The third-order valence-corrected chi connectivity index (χ3v) is 1.51. The van der Waals surface area contributed by atoms with E-state index in [0.29, 0.717) is 19.6 Å². The molecular weight excluding hydrogens is 184 g/mol. The van der Waals surface area contributed by atoms with Gasteiger partial charge in [-0.15, -0.1) is 0 Å². The molecule has 0 spiro atoms. The maximum Gasteiger partial charge on any atom is 0.407 e. The van der Waals surface area contributed by atoms with Crippen LogP contribution in [0.4, 0.5) is 4.79 Å². The Labute approximate surface area is 84.9 Å². The number of amides is 1. The van der Waals surface area contributed by atoms with Gasteiger partial charge in [0.2, 0.25) is 0 Å². The van der Waals surface area contributed by atoms with Crippen LogP contribution in [0.1, 0.15) is 20.3 Å². The van der Waals surface area contributed by atoms with Crippen LogP contribution in [-0.2, 0) is 9.47 Å². The summed E-state index contributed by atoms with van der Waals surface area (Å²) in [6.45, 7) is 4.61. The molecule has 1 amide bonds. The van der Waals surface area contributed by atoms with E-state index in [4.69, 9.17) is 15.2 Å². The summed E-state index contributed by atoms with van der Waals surface area (Å²) >= 11 is 0. The highest BCUT2D eigenvalue weighted by molar-refractivity contribution is 5.67. The maximum absolute atomic E-state index is 11.0. The molecule has 0 radical (unpaired) electrons. The molecule has 14 heavy (non-hydrogen) atoms. The molecule has 1 unspecified atom stereocenters. The van der Waals surface area contributed by atoms with Crippen molar-refractivity contribution < 1.29 is 14.3 Å². The SMILES string of the molecule is COCC(N)CCNC(=O)OC(C)C. The summed E-state index contributed by atoms with van der Waals surface area (Å²) in [5.41, 5.74) is 5.65.